The van der Waals surface area contributed by atoms with Crippen LogP contribution in [-0.4, -0.2) is 24.7 Å². The number of rotatable bonds is 4. The molecule has 0 aliphatic carbocycles. The molecule has 4 nitrogen and oxygen atoms in total. The minimum absolute atomic E-state index is 0.106. The Balaban J connectivity index is 3.41. The van der Waals surface area contributed by atoms with Crippen LogP contribution in [0.1, 0.15) is 25.0 Å². The van der Waals surface area contributed by atoms with Gasteiger partial charge < -0.3 is 5.11 Å². The van der Waals surface area contributed by atoms with Gasteiger partial charge in [0.1, 0.15) is 0 Å². The number of carboxylic acids is 1. The Morgan fingerprint density at radius 3 is 2.17 bits per heavy atom. The third-order valence-electron chi connectivity index (χ3n) is 2.82. The molecule has 0 fully saturated rings. The molecule has 0 amide bonds. The van der Waals surface area contributed by atoms with E-state index in [0.717, 1.165) is 5.56 Å². The van der Waals surface area contributed by atoms with Crippen molar-refractivity contribution in [3.05, 3.63) is 29.3 Å². The van der Waals surface area contributed by atoms with Gasteiger partial charge in [0.25, 0.3) is 0 Å². The molecule has 1 aromatic rings. The molecule has 18 heavy (non-hydrogen) atoms. The minimum Gasteiger partial charge on any atom is -0.480 e. The number of sulfone groups is 1. The van der Waals surface area contributed by atoms with Crippen molar-refractivity contribution in [1.82, 2.24) is 0 Å². The predicted octanol–water partition coefficient (Wildman–Crippen LogP) is 2.19. The van der Waals surface area contributed by atoms with E-state index in [-0.39, 0.29) is 4.90 Å². The van der Waals surface area contributed by atoms with E-state index in [1.807, 2.05) is 6.92 Å². The van der Waals surface area contributed by atoms with Crippen molar-refractivity contribution in [3.8, 4) is 0 Å². The lowest BCUT2D eigenvalue weighted by Gasteiger charge is -2.18. The molecule has 1 N–H and O–H groups in total. The second-order valence-electron chi connectivity index (χ2n) is 4.82. The Morgan fingerprint density at radius 1 is 1.22 bits per heavy atom. The summed E-state index contributed by atoms with van der Waals surface area (Å²) >= 11 is 0. The second-order valence-corrected chi connectivity index (χ2v) is 6.85. The summed E-state index contributed by atoms with van der Waals surface area (Å²) in [5.74, 6) is -1.78. The second kappa shape index (κ2) is 5.10. The molecule has 5 heteroatoms. The molecule has 1 aromatic carbocycles. The summed E-state index contributed by atoms with van der Waals surface area (Å²) in [5.41, 5.74) is 1.53. The van der Waals surface area contributed by atoms with Gasteiger partial charge in [-0.05, 0) is 31.4 Å². The SMILES string of the molecule is Cc1ccc(S(=O)(=O)C(C(=O)O)C(C)C)c(C)c1. The molecule has 0 aromatic heterocycles. The molecule has 0 bridgehead atoms. The smallest absolute Gasteiger partial charge is 0.322 e. The number of benzene rings is 1. The lowest BCUT2D eigenvalue weighted by atomic mass is 10.1. The molecule has 0 aliphatic heterocycles. The van der Waals surface area contributed by atoms with Crippen LogP contribution < -0.4 is 0 Å². The van der Waals surface area contributed by atoms with Gasteiger partial charge in [-0.1, -0.05) is 31.5 Å². The van der Waals surface area contributed by atoms with E-state index >= 15 is 0 Å². The molecule has 0 saturated heterocycles. The maximum absolute atomic E-state index is 12.4. The van der Waals surface area contributed by atoms with Gasteiger partial charge in [0.2, 0.25) is 0 Å². The van der Waals surface area contributed by atoms with E-state index in [2.05, 4.69) is 0 Å². The first kappa shape index (κ1) is 14.7. The Kier molecular flexibility index (Phi) is 4.16. The van der Waals surface area contributed by atoms with Crippen molar-refractivity contribution < 1.29 is 18.3 Å². The summed E-state index contributed by atoms with van der Waals surface area (Å²) < 4.78 is 24.7. The summed E-state index contributed by atoms with van der Waals surface area (Å²) in [5, 5.41) is 7.70. The molecular formula is C13H18O4S. The fourth-order valence-electron chi connectivity index (χ4n) is 2.03. The van der Waals surface area contributed by atoms with E-state index in [9.17, 15) is 13.2 Å². The predicted molar refractivity (Wildman–Crippen MR) is 69.4 cm³/mol. The molecule has 100 valence electrons. The zero-order valence-corrected chi connectivity index (χ0v) is 11.8. The summed E-state index contributed by atoms with van der Waals surface area (Å²) in [6.45, 7) is 6.74. The van der Waals surface area contributed by atoms with Crippen molar-refractivity contribution >= 4 is 15.8 Å². The topological polar surface area (TPSA) is 71.4 Å². The third-order valence-corrected chi connectivity index (χ3v) is 5.31. The summed E-state index contributed by atoms with van der Waals surface area (Å²) in [6, 6.07) is 4.91. The van der Waals surface area contributed by atoms with Crippen LogP contribution in [0.5, 0.6) is 0 Å². The quantitative estimate of drug-likeness (QED) is 0.910. The molecule has 0 aliphatic rings. The van der Waals surface area contributed by atoms with Crippen LogP contribution in [0, 0.1) is 19.8 Å². The minimum atomic E-state index is -3.85. The van der Waals surface area contributed by atoms with E-state index in [1.165, 1.54) is 6.07 Å². The fourth-order valence-corrected chi connectivity index (χ4v) is 4.05. The first-order valence-electron chi connectivity index (χ1n) is 5.72. The molecule has 0 radical (unpaired) electrons. The van der Waals surface area contributed by atoms with Gasteiger partial charge in [-0.15, -0.1) is 0 Å². The summed E-state index contributed by atoms with van der Waals surface area (Å²) in [4.78, 5) is 11.3. The van der Waals surface area contributed by atoms with Crippen LogP contribution in [0.4, 0.5) is 0 Å². The Hall–Kier alpha value is -1.36. The highest BCUT2D eigenvalue weighted by molar-refractivity contribution is 7.92. The van der Waals surface area contributed by atoms with Crippen LogP contribution in [0.15, 0.2) is 23.1 Å². The Labute approximate surface area is 108 Å². The van der Waals surface area contributed by atoms with Gasteiger partial charge in [0, 0.05) is 0 Å². The molecule has 1 atom stereocenters. The largest absolute Gasteiger partial charge is 0.480 e. The van der Waals surface area contributed by atoms with Gasteiger partial charge >= 0.3 is 5.97 Å². The van der Waals surface area contributed by atoms with Gasteiger partial charge in [-0.25, -0.2) is 8.42 Å². The van der Waals surface area contributed by atoms with Gasteiger partial charge in [0.05, 0.1) is 4.90 Å². The Bertz CT molecular complexity index is 558. The van der Waals surface area contributed by atoms with E-state index in [1.54, 1.807) is 32.9 Å². The number of carboxylic acid groups (broad SMARTS) is 1. The van der Waals surface area contributed by atoms with Crippen LogP contribution in [-0.2, 0) is 14.6 Å². The molecule has 1 unspecified atom stereocenters. The number of hydrogen-bond acceptors (Lipinski definition) is 3. The highest BCUT2D eigenvalue weighted by atomic mass is 32.2. The van der Waals surface area contributed by atoms with Crippen molar-refractivity contribution in [2.24, 2.45) is 5.92 Å². The van der Waals surface area contributed by atoms with Gasteiger partial charge in [-0.2, -0.15) is 0 Å². The standard InChI is InChI=1S/C13H18O4S/c1-8(2)12(13(14)15)18(16,17)11-6-5-9(3)7-10(11)4/h5-8,12H,1-4H3,(H,14,15). The fraction of sp³-hybridized carbons (Fsp3) is 0.462. The molecule has 1 rings (SSSR count). The first-order valence-corrected chi connectivity index (χ1v) is 7.26. The highest BCUT2D eigenvalue weighted by Crippen LogP contribution is 2.25. The maximum atomic E-state index is 12.4. The van der Waals surface area contributed by atoms with Crippen LogP contribution in [0.2, 0.25) is 0 Å². The average molecular weight is 270 g/mol. The number of aliphatic carboxylic acids is 1. The molecule has 0 heterocycles. The maximum Gasteiger partial charge on any atom is 0.322 e. The third kappa shape index (κ3) is 2.72. The zero-order valence-electron chi connectivity index (χ0n) is 11.0. The number of hydrogen-bond donors (Lipinski definition) is 1. The average Bonchev–Trinajstić information content (AvgIpc) is 2.13. The van der Waals surface area contributed by atoms with Crippen LogP contribution in [0.25, 0.3) is 0 Å². The normalized spacial score (nSPS) is 13.6. The summed E-state index contributed by atoms with van der Waals surface area (Å²) in [6.07, 6.45) is 0. The van der Waals surface area contributed by atoms with Gasteiger partial charge in [-0.3, -0.25) is 4.79 Å². The zero-order chi connectivity index (χ0) is 14.1. The summed E-state index contributed by atoms with van der Waals surface area (Å²) in [7, 11) is -3.85. The van der Waals surface area contributed by atoms with Crippen molar-refractivity contribution in [2.45, 2.75) is 37.8 Å². The lowest BCUT2D eigenvalue weighted by Crippen LogP contribution is -2.35. The highest BCUT2D eigenvalue weighted by Gasteiger charge is 2.37. The number of aryl methyl sites for hydroxylation is 2. The Morgan fingerprint density at radius 2 is 1.78 bits per heavy atom. The van der Waals surface area contributed by atoms with Gasteiger partial charge in [0.15, 0.2) is 15.1 Å². The molecule has 0 spiro atoms. The van der Waals surface area contributed by atoms with Crippen molar-refractivity contribution in [1.29, 1.82) is 0 Å². The van der Waals surface area contributed by atoms with Crippen LogP contribution >= 0.6 is 0 Å². The van der Waals surface area contributed by atoms with Crippen molar-refractivity contribution in [3.63, 3.8) is 0 Å². The van der Waals surface area contributed by atoms with E-state index in [0.29, 0.717) is 5.56 Å². The number of carbonyl (C=O) groups is 1. The van der Waals surface area contributed by atoms with E-state index < -0.39 is 27.0 Å². The van der Waals surface area contributed by atoms with Crippen molar-refractivity contribution in [2.75, 3.05) is 0 Å². The van der Waals surface area contributed by atoms with E-state index in [4.69, 9.17) is 5.11 Å². The monoisotopic (exact) mass is 270 g/mol. The molecule has 0 saturated carbocycles. The van der Waals surface area contributed by atoms with Crippen LogP contribution in [0.3, 0.4) is 0 Å². The first-order chi connectivity index (χ1) is 8.17. The lowest BCUT2D eigenvalue weighted by molar-refractivity contribution is -0.137. The molecular weight excluding hydrogens is 252 g/mol.